The van der Waals surface area contributed by atoms with Gasteiger partial charge in [0.1, 0.15) is 5.82 Å². The van der Waals surface area contributed by atoms with E-state index in [1.54, 1.807) is 12.1 Å². The van der Waals surface area contributed by atoms with Gasteiger partial charge in [0.15, 0.2) is 0 Å². The number of aliphatic hydroxyl groups excluding tert-OH is 1. The third kappa shape index (κ3) is 3.00. The molecular weight excluding hydrogens is 331 g/mol. The molecule has 4 heteroatoms. The second kappa shape index (κ2) is 7.10. The summed E-state index contributed by atoms with van der Waals surface area (Å²) in [5, 5.41) is 22.7. The highest BCUT2D eigenvalue weighted by Crippen LogP contribution is 2.37. The van der Waals surface area contributed by atoms with Crippen molar-refractivity contribution in [2.45, 2.75) is 20.5 Å². The Morgan fingerprint density at radius 2 is 1.42 bits per heavy atom. The van der Waals surface area contributed by atoms with Gasteiger partial charge in [-0.3, -0.25) is 4.79 Å². The molecule has 0 amide bonds. The fraction of sp³-hybridized carbons (Fsp3) is 0.136. The van der Waals surface area contributed by atoms with Crippen LogP contribution < -0.4 is 0 Å². The molecule has 0 unspecified atom stereocenters. The molecule has 0 fully saturated rings. The lowest BCUT2D eigenvalue weighted by atomic mass is 9.89. The Kier molecular flexibility index (Phi) is 4.87. The first kappa shape index (κ1) is 17.8. The lowest BCUT2D eigenvalue weighted by molar-refractivity contribution is -0.134. The zero-order chi connectivity index (χ0) is 18.8. The van der Waals surface area contributed by atoms with Crippen LogP contribution in [-0.4, -0.2) is 16.2 Å². The number of hydrogen-bond donors (Lipinski definition) is 2. The van der Waals surface area contributed by atoms with E-state index in [4.69, 9.17) is 9.90 Å². The van der Waals surface area contributed by atoms with Gasteiger partial charge in [0.2, 0.25) is 0 Å². The topological polar surface area (TPSA) is 57.5 Å². The average molecular weight is 350 g/mol. The Bertz CT molecular complexity index is 1130. The summed E-state index contributed by atoms with van der Waals surface area (Å²) in [6.07, 6.45) is 0. The zero-order valence-corrected chi connectivity index (χ0v) is 14.6. The smallest absolute Gasteiger partial charge is 0.300 e. The minimum Gasteiger partial charge on any atom is -0.481 e. The van der Waals surface area contributed by atoms with Crippen LogP contribution >= 0.6 is 0 Å². The van der Waals surface area contributed by atoms with Gasteiger partial charge in [0, 0.05) is 12.3 Å². The van der Waals surface area contributed by atoms with E-state index in [-0.39, 0.29) is 12.4 Å². The molecule has 0 aliphatic heterocycles. The van der Waals surface area contributed by atoms with Crippen LogP contribution in [0.2, 0.25) is 0 Å². The second-order valence-corrected chi connectivity index (χ2v) is 6.15. The van der Waals surface area contributed by atoms with Gasteiger partial charge >= 0.3 is 0 Å². The minimum atomic E-state index is -0.833. The molecule has 4 aromatic carbocycles. The molecule has 4 aromatic rings. The van der Waals surface area contributed by atoms with Gasteiger partial charge in [-0.05, 0) is 51.0 Å². The number of benzene rings is 4. The van der Waals surface area contributed by atoms with Crippen LogP contribution in [0, 0.1) is 12.7 Å². The lowest BCUT2D eigenvalue weighted by Crippen LogP contribution is -1.95. The number of rotatable bonds is 1. The molecule has 0 saturated carbocycles. The highest BCUT2D eigenvalue weighted by atomic mass is 19.1. The molecule has 0 saturated heterocycles. The van der Waals surface area contributed by atoms with E-state index in [1.165, 1.54) is 0 Å². The molecule has 0 spiro atoms. The Hall–Kier alpha value is -2.98. The van der Waals surface area contributed by atoms with Crippen LogP contribution in [0.15, 0.2) is 54.6 Å². The summed E-state index contributed by atoms with van der Waals surface area (Å²) >= 11 is 0. The summed E-state index contributed by atoms with van der Waals surface area (Å²) in [7, 11) is 0. The van der Waals surface area contributed by atoms with Gasteiger partial charge in [-0.1, -0.05) is 48.5 Å². The number of carbonyl (C=O) groups is 1. The minimum absolute atomic E-state index is 0.102. The maximum absolute atomic E-state index is 14.5. The summed E-state index contributed by atoms with van der Waals surface area (Å²) < 4.78 is 14.5. The van der Waals surface area contributed by atoms with Crippen LogP contribution in [0.3, 0.4) is 0 Å². The quantitative estimate of drug-likeness (QED) is 0.367. The summed E-state index contributed by atoms with van der Waals surface area (Å²) in [4.78, 5) is 9.00. The second-order valence-electron chi connectivity index (χ2n) is 6.15. The van der Waals surface area contributed by atoms with E-state index in [1.807, 2.05) is 36.4 Å². The summed E-state index contributed by atoms with van der Waals surface area (Å²) in [5.74, 6) is -1.08. The van der Waals surface area contributed by atoms with Gasteiger partial charge < -0.3 is 10.2 Å². The van der Waals surface area contributed by atoms with Crippen molar-refractivity contribution < 1.29 is 19.4 Å². The number of halogens is 1. The molecule has 0 bridgehead atoms. The Morgan fingerprint density at radius 1 is 0.923 bits per heavy atom. The third-order valence-electron chi connectivity index (χ3n) is 4.51. The number of carboxylic acids is 1. The molecule has 0 heterocycles. The van der Waals surface area contributed by atoms with Crippen LogP contribution in [0.4, 0.5) is 4.39 Å². The van der Waals surface area contributed by atoms with Crippen LogP contribution in [-0.2, 0) is 11.4 Å². The predicted octanol–water partition coefficient (Wildman–Crippen LogP) is 5.18. The van der Waals surface area contributed by atoms with Crippen molar-refractivity contribution in [1.82, 2.24) is 0 Å². The first-order chi connectivity index (χ1) is 12.5. The van der Waals surface area contributed by atoms with Gasteiger partial charge in [0.25, 0.3) is 5.97 Å². The van der Waals surface area contributed by atoms with Crippen LogP contribution in [0.1, 0.15) is 18.1 Å². The third-order valence-corrected chi connectivity index (χ3v) is 4.51. The van der Waals surface area contributed by atoms with E-state index >= 15 is 0 Å². The largest absolute Gasteiger partial charge is 0.481 e. The molecule has 26 heavy (non-hydrogen) atoms. The highest BCUT2D eigenvalue weighted by Gasteiger charge is 2.15. The van der Waals surface area contributed by atoms with E-state index in [0.717, 1.165) is 45.0 Å². The summed E-state index contributed by atoms with van der Waals surface area (Å²) in [5.41, 5.74) is 1.92. The van der Waals surface area contributed by atoms with Crippen molar-refractivity contribution in [3.05, 3.63) is 71.5 Å². The molecule has 0 atom stereocenters. The Labute approximate surface area is 150 Å². The van der Waals surface area contributed by atoms with Crippen molar-refractivity contribution >= 4 is 38.3 Å². The zero-order valence-electron chi connectivity index (χ0n) is 14.6. The normalized spacial score (nSPS) is 10.8. The number of hydrogen-bond acceptors (Lipinski definition) is 2. The lowest BCUT2D eigenvalue weighted by Gasteiger charge is -2.15. The molecule has 0 aliphatic rings. The molecule has 0 aromatic heterocycles. The number of carboxylic acid groups (broad SMARTS) is 1. The molecule has 0 aliphatic carbocycles. The van der Waals surface area contributed by atoms with Crippen LogP contribution in [0.25, 0.3) is 32.3 Å². The van der Waals surface area contributed by atoms with Gasteiger partial charge in [-0.2, -0.15) is 0 Å². The molecule has 0 radical (unpaired) electrons. The number of aliphatic carboxylic acids is 1. The fourth-order valence-corrected chi connectivity index (χ4v) is 3.50. The maximum atomic E-state index is 14.5. The van der Waals surface area contributed by atoms with Gasteiger partial charge in [-0.25, -0.2) is 4.39 Å². The highest BCUT2D eigenvalue weighted by molar-refractivity contribution is 6.16. The van der Waals surface area contributed by atoms with Gasteiger partial charge in [0.05, 0.1) is 6.61 Å². The van der Waals surface area contributed by atoms with E-state index in [0.29, 0.717) is 5.39 Å². The van der Waals surface area contributed by atoms with Crippen molar-refractivity contribution in [1.29, 1.82) is 0 Å². The maximum Gasteiger partial charge on any atom is 0.300 e. The van der Waals surface area contributed by atoms with Crippen molar-refractivity contribution in [3.8, 4) is 0 Å². The summed E-state index contributed by atoms with van der Waals surface area (Å²) in [6.45, 7) is 3.05. The first-order valence-corrected chi connectivity index (χ1v) is 8.27. The standard InChI is InChI=1S/C20H15FO.C2H4O2/c1-12-13-6-2-3-7-14(13)18(11-22)17-10-19(21)15-8-4-5-9-16(15)20(12)17;1-2(3)4/h2-10,22H,11H2,1H3;1H3,(H,3,4). The molecule has 2 N–H and O–H groups in total. The number of aliphatic hydroxyl groups is 1. The first-order valence-electron chi connectivity index (χ1n) is 8.27. The van der Waals surface area contributed by atoms with Gasteiger partial charge in [-0.15, -0.1) is 0 Å². The Balaban J connectivity index is 0.000000447. The van der Waals surface area contributed by atoms with E-state index < -0.39 is 5.97 Å². The van der Waals surface area contributed by atoms with Crippen molar-refractivity contribution in [2.75, 3.05) is 0 Å². The number of aryl methyl sites for hydroxylation is 1. The molecular formula is C22H19FO3. The van der Waals surface area contributed by atoms with Crippen molar-refractivity contribution in [3.63, 3.8) is 0 Å². The predicted molar refractivity (Wildman–Crippen MR) is 103 cm³/mol. The number of fused-ring (bicyclic) bond motifs is 4. The average Bonchev–Trinajstić information content (AvgIpc) is 2.62. The molecule has 4 rings (SSSR count). The molecule has 3 nitrogen and oxygen atoms in total. The van der Waals surface area contributed by atoms with Crippen LogP contribution in [0.5, 0.6) is 0 Å². The van der Waals surface area contributed by atoms with E-state index in [2.05, 4.69) is 13.0 Å². The SMILES string of the molecule is CC(=O)O.Cc1c2ccccc2c(CO)c2cc(F)c3ccccc3c12. The molecule has 132 valence electrons. The van der Waals surface area contributed by atoms with E-state index in [9.17, 15) is 9.50 Å². The monoisotopic (exact) mass is 350 g/mol. The summed E-state index contributed by atoms with van der Waals surface area (Å²) in [6, 6.07) is 17.1. The fourth-order valence-electron chi connectivity index (χ4n) is 3.50. The Morgan fingerprint density at radius 3 is 2.00 bits per heavy atom. The van der Waals surface area contributed by atoms with Crippen molar-refractivity contribution in [2.24, 2.45) is 0 Å².